The Kier molecular flexibility index (Phi) is 5.53. The summed E-state index contributed by atoms with van der Waals surface area (Å²) in [6.07, 6.45) is 1.95. The molecule has 0 atom stereocenters. The SMILES string of the molecule is CCS(=O)(=O)NC1CCC(Oc2cc(F)ccc2[N+](=O)[O-])CC1. The van der Waals surface area contributed by atoms with Gasteiger partial charge in [-0.25, -0.2) is 17.5 Å². The number of halogens is 1. The molecule has 1 aliphatic rings. The molecule has 0 radical (unpaired) electrons. The second-order valence-corrected chi connectivity index (χ2v) is 7.52. The zero-order valence-electron chi connectivity index (χ0n) is 12.7. The number of rotatable bonds is 6. The summed E-state index contributed by atoms with van der Waals surface area (Å²) < 4.78 is 44.5. The van der Waals surface area contributed by atoms with Crippen molar-refractivity contribution in [2.24, 2.45) is 0 Å². The molecule has 0 heterocycles. The molecule has 0 saturated heterocycles. The average molecular weight is 346 g/mol. The van der Waals surface area contributed by atoms with Crippen LogP contribution in [-0.4, -0.2) is 31.2 Å². The monoisotopic (exact) mass is 346 g/mol. The fourth-order valence-electron chi connectivity index (χ4n) is 2.55. The quantitative estimate of drug-likeness (QED) is 0.630. The first-order valence-electron chi connectivity index (χ1n) is 7.41. The third kappa shape index (κ3) is 4.87. The minimum Gasteiger partial charge on any atom is -0.483 e. The zero-order valence-corrected chi connectivity index (χ0v) is 13.5. The van der Waals surface area contributed by atoms with Crippen molar-refractivity contribution in [1.29, 1.82) is 0 Å². The van der Waals surface area contributed by atoms with Crippen LogP contribution >= 0.6 is 0 Å². The predicted octanol–water partition coefficient (Wildman–Crippen LogP) is 2.36. The highest BCUT2D eigenvalue weighted by Gasteiger charge is 2.27. The molecular formula is C14H19FN2O5S. The van der Waals surface area contributed by atoms with Gasteiger partial charge in [-0.05, 0) is 38.7 Å². The van der Waals surface area contributed by atoms with Gasteiger partial charge in [0.2, 0.25) is 10.0 Å². The molecule has 7 nitrogen and oxygen atoms in total. The number of nitro groups is 1. The Labute approximate surface area is 134 Å². The summed E-state index contributed by atoms with van der Waals surface area (Å²) in [5, 5.41) is 10.9. The van der Waals surface area contributed by atoms with Crippen LogP contribution in [0.25, 0.3) is 0 Å². The van der Waals surface area contributed by atoms with E-state index in [2.05, 4.69) is 4.72 Å². The lowest BCUT2D eigenvalue weighted by Gasteiger charge is -2.29. The van der Waals surface area contributed by atoms with Crippen LogP contribution < -0.4 is 9.46 Å². The number of nitrogens with zero attached hydrogens (tertiary/aromatic N) is 1. The molecule has 1 fully saturated rings. The molecule has 1 aromatic rings. The van der Waals surface area contributed by atoms with E-state index in [4.69, 9.17) is 4.74 Å². The molecule has 1 saturated carbocycles. The smallest absolute Gasteiger partial charge is 0.311 e. The van der Waals surface area contributed by atoms with Crippen LogP contribution in [0.3, 0.4) is 0 Å². The molecule has 1 aliphatic carbocycles. The molecule has 0 aromatic heterocycles. The lowest BCUT2D eigenvalue weighted by molar-refractivity contribution is -0.386. The Morgan fingerprint density at radius 3 is 2.57 bits per heavy atom. The van der Waals surface area contributed by atoms with Gasteiger partial charge >= 0.3 is 5.69 Å². The molecule has 2 rings (SSSR count). The summed E-state index contributed by atoms with van der Waals surface area (Å²) >= 11 is 0. The molecule has 0 amide bonds. The molecule has 0 aliphatic heterocycles. The molecule has 128 valence electrons. The van der Waals surface area contributed by atoms with Gasteiger partial charge in [-0.2, -0.15) is 0 Å². The van der Waals surface area contributed by atoms with Gasteiger partial charge in [-0.1, -0.05) is 0 Å². The minimum absolute atomic E-state index is 0.0267. The molecule has 0 bridgehead atoms. The number of nitrogens with one attached hydrogen (secondary N) is 1. The number of hydrogen-bond acceptors (Lipinski definition) is 5. The Morgan fingerprint density at radius 1 is 1.35 bits per heavy atom. The van der Waals surface area contributed by atoms with Crippen molar-refractivity contribution < 1.29 is 22.5 Å². The van der Waals surface area contributed by atoms with Crippen LogP contribution in [0.4, 0.5) is 10.1 Å². The molecule has 23 heavy (non-hydrogen) atoms. The largest absolute Gasteiger partial charge is 0.483 e. The maximum absolute atomic E-state index is 13.3. The summed E-state index contributed by atoms with van der Waals surface area (Å²) in [7, 11) is -3.25. The molecular weight excluding hydrogens is 327 g/mol. The molecule has 1 aromatic carbocycles. The number of hydrogen-bond donors (Lipinski definition) is 1. The predicted molar refractivity (Wildman–Crippen MR) is 82.3 cm³/mol. The van der Waals surface area contributed by atoms with Crippen LogP contribution in [-0.2, 0) is 10.0 Å². The Balaban J connectivity index is 1.97. The van der Waals surface area contributed by atoms with Crippen molar-refractivity contribution in [2.45, 2.75) is 44.8 Å². The van der Waals surface area contributed by atoms with Gasteiger partial charge in [-0.15, -0.1) is 0 Å². The minimum atomic E-state index is -3.25. The average Bonchev–Trinajstić information content (AvgIpc) is 2.49. The fraction of sp³-hybridized carbons (Fsp3) is 0.571. The third-order valence-electron chi connectivity index (χ3n) is 3.81. The summed E-state index contributed by atoms with van der Waals surface area (Å²) in [5.74, 6) is -0.665. The highest BCUT2D eigenvalue weighted by Crippen LogP contribution is 2.31. The van der Waals surface area contributed by atoms with Gasteiger partial charge < -0.3 is 4.74 Å². The van der Waals surface area contributed by atoms with E-state index >= 15 is 0 Å². The Bertz CT molecular complexity index is 672. The number of benzene rings is 1. The maximum atomic E-state index is 13.3. The number of nitro benzene ring substituents is 1. The van der Waals surface area contributed by atoms with E-state index in [0.29, 0.717) is 25.7 Å². The summed E-state index contributed by atoms with van der Waals surface area (Å²) in [6.45, 7) is 1.57. The summed E-state index contributed by atoms with van der Waals surface area (Å²) in [5.41, 5.74) is -0.278. The van der Waals surface area contributed by atoms with E-state index in [9.17, 15) is 22.9 Å². The van der Waals surface area contributed by atoms with Crippen LogP contribution in [0.15, 0.2) is 18.2 Å². The van der Waals surface area contributed by atoms with E-state index in [1.807, 2.05) is 0 Å². The van der Waals surface area contributed by atoms with Gasteiger partial charge in [0.15, 0.2) is 5.75 Å². The van der Waals surface area contributed by atoms with Crippen molar-refractivity contribution >= 4 is 15.7 Å². The van der Waals surface area contributed by atoms with E-state index in [0.717, 1.165) is 18.2 Å². The normalized spacial score (nSPS) is 21.8. The first-order valence-corrected chi connectivity index (χ1v) is 9.06. The number of ether oxygens (including phenoxy) is 1. The van der Waals surface area contributed by atoms with Crippen molar-refractivity contribution in [3.8, 4) is 5.75 Å². The molecule has 1 N–H and O–H groups in total. The lowest BCUT2D eigenvalue weighted by Crippen LogP contribution is -2.40. The fourth-order valence-corrected chi connectivity index (χ4v) is 3.46. The molecule has 9 heteroatoms. The second kappa shape index (κ2) is 7.22. The highest BCUT2D eigenvalue weighted by molar-refractivity contribution is 7.89. The zero-order chi connectivity index (χ0) is 17.0. The first kappa shape index (κ1) is 17.6. The second-order valence-electron chi connectivity index (χ2n) is 5.48. The van der Waals surface area contributed by atoms with Crippen molar-refractivity contribution in [3.63, 3.8) is 0 Å². The summed E-state index contributed by atoms with van der Waals surface area (Å²) in [6, 6.07) is 2.94. The molecule has 0 spiro atoms. The van der Waals surface area contributed by atoms with Crippen molar-refractivity contribution in [3.05, 3.63) is 34.1 Å². The Morgan fingerprint density at radius 2 is 2.00 bits per heavy atom. The van der Waals surface area contributed by atoms with Gasteiger partial charge in [0.25, 0.3) is 0 Å². The maximum Gasteiger partial charge on any atom is 0.311 e. The van der Waals surface area contributed by atoms with Crippen LogP contribution in [0.5, 0.6) is 5.75 Å². The molecule has 0 unspecified atom stereocenters. The van der Waals surface area contributed by atoms with E-state index in [-0.39, 0.29) is 29.3 Å². The highest BCUT2D eigenvalue weighted by atomic mass is 32.2. The van der Waals surface area contributed by atoms with Crippen molar-refractivity contribution in [2.75, 3.05) is 5.75 Å². The van der Waals surface area contributed by atoms with Crippen LogP contribution in [0.2, 0.25) is 0 Å². The van der Waals surface area contributed by atoms with Gasteiger partial charge in [0.1, 0.15) is 5.82 Å². The van der Waals surface area contributed by atoms with Crippen LogP contribution in [0, 0.1) is 15.9 Å². The summed E-state index contributed by atoms with van der Waals surface area (Å²) in [4.78, 5) is 10.3. The van der Waals surface area contributed by atoms with Gasteiger partial charge in [0, 0.05) is 18.2 Å². The van der Waals surface area contributed by atoms with Gasteiger partial charge in [-0.3, -0.25) is 10.1 Å². The first-order chi connectivity index (χ1) is 10.8. The topological polar surface area (TPSA) is 98.5 Å². The van der Waals surface area contributed by atoms with E-state index in [1.165, 1.54) is 0 Å². The van der Waals surface area contributed by atoms with Crippen molar-refractivity contribution in [1.82, 2.24) is 4.72 Å². The third-order valence-corrected chi connectivity index (χ3v) is 5.27. The number of sulfonamides is 1. The van der Waals surface area contributed by atoms with E-state index in [1.54, 1.807) is 6.92 Å². The van der Waals surface area contributed by atoms with E-state index < -0.39 is 20.8 Å². The standard InChI is InChI=1S/C14H19FN2O5S/c1-2-23(20,21)16-11-4-6-12(7-5-11)22-14-9-10(15)3-8-13(14)17(18)19/h3,8-9,11-12,16H,2,4-7H2,1H3. The van der Waals surface area contributed by atoms with Gasteiger partial charge in [0.05, 0.1) is 16.8 Å². The Hall–Kier alpha value is -1.74. The van der Waals surface area contributed by atoms with Crippen LogP contribution in [0.1, 0.15) is 32.6 Å². The lowest BCUT2D eigenvalue weighted by atomic mass is 9.93.